The van der Waals surface area contributed by atoms with Gasteiger partial charge in [-0.2, -0.15) is 5.10 Å². The molecule has 0 aliphatic rings. The Kier molecular flexibility index (Phi) is 5.80. The lowest BCUT2D eigenvalue weighted by atomic mass is 10.1. The van der Waals surface area contributed by atoms with Gasteiger partial charge < -0.3 is 4.57 Å². The van der Waals surface area contributed by atoms with Crippen molar-refractivity contribution in [2.45, 2.75) is 17.8 Å². The summed E-state index contributed by atoms with van der Waals surface area (Å²) < 4.78 is 1.87. The van der Waals surface area contributed by atoms with Crippen LogP contribution in [-0.4, -0.2) is 26.9 Å². The summed E-state index contributed by atoms with van der Waals surface area (Å²) in [6.07, 6.45) is 3.31. The number of benzene rings is 2. The van der Waals surface area contributed by atoms with Gasteiger partial charge in [0.25, 0.3) is 5.91 Å². The van der Waals surface area contributed by atoms with Crippen molar-refractivity contribution < 1.29 is 4.79 Å². The Labute approximate surface area is 156 Å². The molecule has 1 aromatic heterocycles. The smallest absolute Gasteiger partial charge is 0.271 e. The molecule has 0 unspecified atom stereocenters. The third-order valence-electron chi connectivity index (χ3n) is 3.68. The van der Waals surface area contributed by atoms with Crippen molar-refractivity contribution in [1.29, 1.82) is 0 Å². The summed E-state index contributed by atoms with van der Waals surface area (Å²) in [6.45, 7) is 2.01. The highest BCUT2D eigenvalue weighted by atomic mass is 32.2. The van der Waals surface area contributed by atoms with Crippen molar-refractivity contribution in [2.75, 3.05) is 0 Å². The molecule has 7 heteroatoms. The molecule has 0 radical (unpaired) electrons. The van der Waals surface area contributed by atoms with Gasteiger partial charge in [0.15, 0.2) is 5.16 Å². The van der Waals surface area contributed by atoms with Crippen molar-refractivity contribution >= 4 is 23.9 Å². The zero-order valence-electron chi connectivity index (χ0n) is 14.6. The van der Waals surface area contributed by atoms with Gasteiger partial charge in [-0.25, -0.2) is 5.43 Å². The van der Waals surface area contributed by atoms with E-state index in [1.165, 1.54) is 0 Å². The molecule has 0 aliphatic carbocycles. The topological polar surface area (TPSA) is 72.2 Å². The summed E-state index contributed by atoms with van der Waals surface area (Å²) in [5.74, 6) is 0.529. The number of nitrogens with one attached hydrogen (secondary N) is 1. The second-order valence-electron chi connectivity index (χ2n) is 5.82. The SMILES string of the molecule is Cc1cccc(/C=N/NC(=O)c2ccc(CSc3nncn3C)cc2)c1. The number of hydrogen-bond donors (Lipinski definition) is 1. The van der Waals surface area contributed by atoms with Crippen LogP contribution >= 0.6 is 11.8 Å². The van der Waals surface area contributed by atoms with E-state index in [1.807, 2.05) is 54.9 Å². The molecule has 1 amide bonds. The number of nitrogens with zero attached hydrogens (tertiary/aromatic N) is 4. The number of carbonyl (C=O) groups is 1. The first kappa shape index (κ1) is 17.9. The minimum atomic E-state index is -0.235. The van der Waals surface area contributed by atoms with Crippen LogP contribution in [0.5, 0.6) is 0 Å². The lowest BCUT2D eigenvalue weighted by Gasteiger charge is -2.03. The Balaban J connectivity index is 1.54. The average Bonchev–Trinajstić information content (AvgIpc) is 3.05. The van der Waals surface area contributed by atoms with Gasteiger partial charge in [-0.15, -0.1) is 10.2 Å². The Hall–Kier alpha value is -2.93. The quantitative estimate of drug-likeness (QED) is 0.414. The molecule has 0 aliphatic heterocycles. The fraction of sp³-hybridized carbons (Fsp3) is 0.158. The monoisotopic (exact) mass is 365 g/mol. The van der Waals surface area contributed by atoms with Gasteiger partial charge in [0, 0.05) is 18.4 Å². The van der Waals surface area contributed by atoms with Crippen LogP contribution in [0.3, 0.4) is 0 Å². The highest BCUT2D eigenvalue weighted by molar-refractivity contribution is 7.98. The predicted octanol–water partition coefficient (Wildman–Crippen LogP) is 3.18. The molecular weight excluding hydrogens is 346 g/mol. The molecule has 6 nitrogen and oxygen atoms in total. The molecule has 0 saturated heterocycles. The van der Waals surface area contributed by atoms with Gasteiger partial charge in [-0.1, -0.05) is 53.7 Å². The number of aromatic nitrogens is 3. The van der Waals surface area contributed by atoms with Gasteiger partial charge in [0.05, 0.1) is 6.21 Å². The highest BCUT2D eigenvalue weighted by Gasteiger charge is 2.06. The van der Waals surface area contributed by atoms with E-state index in [4.69, 9.17) is 0 Å². The van der Waals surface area contributed by atoms with Crippen LogP contribution < -0.4 is 5.43 Å². The van der Waals surface area contributed by atoms with Crippen molar-refractivity contribution in [3.05, 3.63) is 77.1 Å². The molecule has 0 atom stereocenters. The number of thioether (sulfide) groups is 1. The predicted molar refractivity (Wildman–Crippen MR) is 103 cm³/mol. The number of aryl methyl sites for hydroxylation is 2. The van der Waals surface area contributed by atoms with E-state index in [0.29, 0.717) is 5.56 Å². The molecule has 1 N–H and O–H groups in total. The van der Waals surface area contributed by atoms with E-state index in [1.54, 1.807) is 36.4 Å². The summed E-state index contributed by atoms with van der Waals surface area (Å²) in [5.41, 5.74) is 6.32. The minimum Gasteiger partial charge on any atom is -0.312 e. The maximum absolute atomic E-state index is 12.2. The number of amides is 1. The van der Waals surface area contributed by atoms with E-state index in [0.717, 1.165) is 27.6 Å². The van der Waals surface area contributed by atoms with Crippen LogP contribution in [-0.2, 0) is 12.8 Å². The van der Waals surface area contributed by atoms with Gasteiger partial charge in [0.2, 0.25) is 0 Å². The third-order valence-corrected chi connectivity index (χ3v) is 4.78. The summed E-state index contributed by atoms with van der Waals surface area (Å²) >= 11 is 1.60. The number of hydrogen-bond acceptors (Lipinski definition) is 5. The summed E-state index contributed by atoms with van der Waals surface area (Å²) in [6, 6.07) is 15.4. The van der Waals surface area contributed by atoms with Crippen molar-refractivity contribution in [1.82, 2.24) is 20.2 Å². The molecule has 1 heterocycles. The zero-order valence-corrected chi connectivity index (χ0v) is 15.4. The molecule has 132 valence electrons. The van der Waals surface area contributed by atoms with E-state index >= 15 is 0 Å². The average molecular weight is 365 g/mol. The van der Waals surface area contributed by atoms with Crippen LogP contribution in [0.1, 0.15) is 27.0 Å². The maximum Gasteiger partial charge on any atom is 0.271 e. The number of rotatable bonds is 6. The summed E-state index contributed by atoms with van der Waals surface area (Å²) in [5, 5.41) is 12.8. The molecular formula is C19H19N5OS. The zero-order chi connectivity index (χ0) is 18.4. The minimum absolute atomic E-state index is 0.235. The van der Waals surface area contributed by atoms with Gasteiger partial charge in [-0.3, -0.25) is 4.79 Å². The van der Waals surface area contributed by atoms with Gasteiger partial charge in [-0.05, 0) is 30.2 Å². The van der Waals surface area contributed by atoms with Gasteiger partial charge >= 0.3 is 0 Å². The van der Waals surface area contributed by atoms with Crippen molar-refractivity contribution in [3.63, 3.8) is 0 Å². The van der Waals surface area contributed by atoms with E-state index in [9.17, 15) is 4.79 Å². The van der Waals surface area contributed by atoms with E-state index < -0.39 is 0 Å². The Morgan fingerprint density at radius 3 is 2.77 bits per heavy atom. The second-order valence-corrected chi connectivity index (χ2v) is 6.77. The first-order chi connectivity index (χ1) is 12.6. The van der Waals surface area contributed by atoms with Crippen LogP contribution in [0.15, 0.2) is 65.1 Å². The van der Waals surface area contributed by atoms with Crippen LogP contribution in [0, 0.1) is 6.92 Å². The lowest BCUT2D eigenvalue weighted by molar-refractivity contribution is 0.0955. The van der Waals surface area contributed by atoms with Gasteiger partial charge in [0.1, 0.15) is 6.33 Å². The Morgan fingerprint density at radius 1 is 1.27 bits per heavy atom. The summed E-state index contributed by atoms with van der Waals surface area (Å²) in [4.78, 5) is 12.2. The molecule has 0 bridgehead atoms. The van der Waals surface area contributed by atoms with E-state index in [2.05, 4.69) is 20.7 Å². The fourth-order valence-corrected chi connectivity index (χ4v) is 3.13. The van der Waals surface area contributed by atoms with Crippen molar-refractivity contribution in [3.8, 4) is 0 Å². The number of carbonyl (C=O) groups excluding carboxylic acids is 1. The second kappa shape index (κ2) is 8.44. The Bertz CT molecular complexity index is 918. The first-order valence-electron chi connectivity index (χ1n) is 8.07. The summed E-state index contributed by atoms with van der Waals surface area (Å²) in [7, 11) is 1.91. The molecule has 0 spiro atoms. The molecule has 0 saturated carbocycles. The van der Waals surface area contributed by atoms with Crippen molar-refractivity contribution in [2.24, 2.45) is 12.1 Å². The first-order valence-corrected chi connectivity index (χ1v) is 9.06. The highest BCUT2D eigenvalue weighted by Crippen LogP contribution is 2.20. The van der Waals surface area contributed by atoms with Crippen LogP contribution in [0.4, 0.5) is 0 Å². The van der Waals surface area contributed by atoms with Crippen LogP contribution in [0.25, 0.3) is 0 Å². The number of hydrazone groups is 1. The largest absolute Gasteiger partial charge is 0.312 e. The molecule has 2 aromatic carbocycles. The lowest BCUT2D eigenvalue weighted by Crippen LogP contribution is -2.17. The standard InChI is InChI=1S/C19H19N5OS/c1-14-4-3-5-16(10-14)11-20-22-18(25)17-8-6-15(7-9-17)12-26-19-23-21-13-24(19)2/h3-11,13H,12H2,1-2H3,(H,22,25)/b20-11+. The van der Waals surface area contributed by atoms with Crippen LogP contribution in [0.2, 0.25) is 0 Å². The Morgan fingerprint density at radius 2 is 2.08 bits per heavy atom. The maximum atomic E-state index is 12.2. The fourth-order valence-electron chi connectivity index (χ4n) is 2.28. The molecule has 0 fully saturated rings. The van der Waals surface area contributed by atoms with E-state index in [-0.39, 0.29) is 5.91 Å². The third kappa shape index (κ3) is 4.80. The molecule has 26 heavy (non-hydrogen) atoms. The molecule has 3 rings (SSSR count). The molecule has 3 aromatic rings. The normalized spacial score (nSPS) is 11.0.